The van der Waals surface area contributed by atoms with Crippen LogP contribution in [0, 0.1) is 13.8 Å². The van der Waals surface area contributed by atoms with Crippen LogP contribution < -0.4 is 0 Å². The summed E-state index contributed by atoms with van der Waals surface area (Å²) in [5, 5.41) is 6.50. The highest BCUT2D eigenvalue weighted by Gasteiger charge is 2.12. The van der Waals surface area contributed by atoms with Gasteiger partial charge in [-0.2, -0.15) is 5.10 Å². The number of aromatic nitrogens is 3. The molecule has 0 aliphatic heterocycles. The molecule has 0 spiro atoms. The summed E-state index contributed by atoms with van der Waals surface area (Å²) in [5.74, 6) is 0.774. The van der Waals surface area contributed by atoms with E-state index in [1.54, 1.807) is 18.0 Å². The fraction of sp³-hybridized carbons (Fsp3) is 0.143. The minimum absolute atomic E-state index is 0.774. The largest absolute Gasteiger partial charge is 0.246 e. The van der Waals surface area contributed by atoms with Gasteiger partial charge in [-0.15, -0.1) is 0 Å². The van der Waals surface area contributed by atoms with Gasteiger partial charge in [-0.25, -0.2) is 9.50 Å². The molecule has 0 atom stereocenters. The third kappa shape index (κ3) is 3.35. The zero-order valence-electron chi connectivity index (χ0n) is 14.6. The maximum atomic E-state index is 6.27. The molecule has 4 rings (SSSR count). The Morgan fingerprint density at radius 3 is 2.77 bits per heavy atom. The molecule has 2 heterocycles. The molecular weight excluding hydrogens is 362 g/mol. The highest BCUT2D eigenvalue weighted by molar-refractivity contribution is 7.98. The summed E-state index contributed by atoms with van der Waals surface area (Å²) < 4.78 is 1.90. The van der Waals surface area contributed by atoms with Crippen molar-refractivity contribution < 1.29 is 0 Å². The minimum atomic E-state index is 0.774. The maximum Gasteiger partial charge on any atom is 0.122 e. The van der Waals surface area contributed by atoms with Crippen molar-refractivity contribution in [3.05, 3.63) is 82.6 Å². The van der Waals surface area contributed by atoms with Crippen molar-refractivity contribution in [3.8, 4) is 11.3 Å². The van der Waals surface area contributed by atoms with E-state index >= 15 is 0 Å². The van der Waals surface area contributed by atoms with Crippen LogP contribution in [0.4, 0.5) is 0 Å². The van der Waals surface area contributed by atoms with Gasteiger partial charge >= 0.3 is 0 Å². The summed E-state index contributed by atoms with van der Waals surface area (Å²) in [7, 11) is 0. The highest BCUT2D eigenvalue weighted by Crippen LogP contribution is 2.31. The molecule has 0 aliphatic rings. The van der Waals surface area contributed by atoms with Crippen molar-refractivity contribution in [2.24, 2.45) is 0 Å². The van der Waals surface area contributed by atoms with Crippen LogP contribution in [0.1, 0.15) is 16.7 Å². The van der Waals surface area contributed by atoms with Gasteiger partial charge in [0.2, 0.25) is 0 Å². The molecule has 0 radical (unpaired) electrons. The van der Waals surface area contributed by atoms with E-state index in [1.165, 1.54) is 11.1 Å². The second-order valence-electron chi connectivity index (χ2n) is 6.29. The number of benzene rings is 2. The molecule has 0 saturated carbocycles. The first kappa shape index (κ1) is 17.1. The van der Waals surface area contributed by atoms with Crippen molar-refractivity contribution in [1.29, 1.82) is 0 Å². The van der Waals surface area contributed by atoms with E-state index in [9.17, 15) is 0 Å². The third-order valence-corrected chi connectivity index (χ3v) is 5.76. The average molecular weight is 380 g/mol. The lowest BCUT2D eigenvalue weighted by Crippen LogP contribution is -1.92. The summed E-state index contributed by atoms with van der Waals surface area (Å²) in [6, 6.07) is 16.5. The molecule has 0 aliphatic carbocycles. The molecule has 0 saturated heterocycles. The molecule has 26 heavy (non-hydrogen) atoms. The number of rotatable bonds is 4. The predicted molar refractivity (Wildman–Crippen MR) is 109 cm³/mol. The number of aryl methyl sites for hydroxylation is 2. The van der Waals surface area contributed by atoms with Crippen molar-refractivity contribution in [3.63, 3.8) is 0 Å². The predicted octanol–water partition coefficient (Wildman–Crippen LogP) is 5.96. The van der Waals surface area contributed by atoms with Gasteiger partial charge < -0.3 is 0 Å². The zero-order valence-corrected chi connectivity index (χ0v) is 16.2. The molecule has 3 nitrogen and oxygen atoms in total. The van der Waals surface area contributed by atoms with E-state index in [2.05, 4.69) is 43.1 Å². The van der Waals surface area contributed by atoms with Gasteiger partial charge in [-0.3, -0.25) is 0 Å². The Hall–Kier alpha value is -2.30. The summed E-state index contributed by atoms with van der Waals surface area (Å²) in [4.78, 5) is 4.56. The number of thioether (sulfide) groups is 1. The van der Waals surface area contributed by atoms with Crippen molar-refractivity contribution >= 4 is 28.9 Å². The van der Waals surface area contributed by atoms with E-state index in [-0.39, 0.29) is 0 Å². The summed E-state index contributed by atoms with van der Waals surface area (Å²) >= 11 is 7.95. The van der Waals surface area contributed by atoms with Crippen molar-refractivity contribution in [2.75, 3.05) is 0 Å². The maximum absolute atomic E-state index is 6.27. The Labute approximate surface area is 162 Å². The molecular formula is C21H18ClN3S. The first-order valence-corrected chi connectivity index (χ1v) is 9.76. The summed E-state index contributed by atoms with van der Waals surface area (Å²) in [6.07, 6.45) is 3.69. The number of fused-ring (bicyclic) bond motifs is 1. The molecule has 2 aromatic heterocycles. The van der Waals surface area contributed by atoms with Gasteiger partial charge in [0.05, 0.1) is 11.2 Å². The number of hydrogen-bond donors (Lipinski definition) is 0. The van der Waals surface area contributed by atoms with Gasteiger partial charge in [0.25, 0.3) is 0 Å². The van der Waals surface area contributed by atoms with Crippen LogP contribution >= 0.6 is 23.4 Å². The molecule has 5 heteroatoms. The highest BCUT2D eigenvalue weighted by atomic mass is 35.5. The molecule has 0 bridgehead atoms. The van der Waals surface area contributed by atoms with E-state index in [0.717, 1.165) is 38.1 Å². The Balaban J connectivity index is 1.70. The summed E-state index contributed by atoms with van der Waals surface area (Å²) in [5.41, 5.74) is 6.71. The Kier molecular flexibility index (Phi) is 4.70. The van der Waals surface area contributed by atoms with Crippen LogP contribution in [0.25, 0.3) is 16.8 Å². The molecule has 2 aromatic carbocycles. The van der Waals surface area contributed by atoms with Crippen molar-refractivity contribution in [1.82, 2.24) is 14.6 Å². The number of halogens is 1. The Bertz CT molecular complexity index is 1090. The lowest BCUT2D eigenvalue weighted by Gasteiger charge is -2.04. The molecule has 130 valence electrons. The fourth-order valence-electron chi connectivity index (χ4n) is 2.91. The molecule has 0 N–H and O–H groups in total. The SMILES string of the molecule is Cc1ccc(C)c(-c2cc3c(SCc4ccccc4Cl)nccn3n2)c1. The number of hydrogen-bond acceptors (Lipinski definition) is 3. The van der Waals surface area contributed by atoms with Crippen LogP contribution in [0.2, 0.25) is 5.02 Å². The Morgan fingerprint density at radius 1 is 1.08 bits per heavy atom. The quantitative estimate of drug-likeness (QED) is 0.410. The monoisotopic (exact) mass is 379 g/mol. The molecule has 0 unspecified atom stereocenters. The molecule has 0 fully saturated rings. The van der Waals surface area contributed by atoms with Crippen LogP contribution in [0.5, 0.6) is 0 Å². The lowest BCUT2D eigenvalue weighted by molar-refractivity contribution is 0.920. The van der Waals surface area contributed by atoms with Crippen molar-refractivity contribution in [2.45, 2.75) is 24.6 Å². The zero-order chi connectivity index (χ0) is 18.1. The van der Waals surface area contributed by atoms with Crippen LogP contribution in [0.15, 0.2) is 66.0 Å². The van der Waals surface area contributed by atoms with Crippen LogP contribution in [-0.2, 0) is 5.75 Å². The van der Waals surface area contributed by atoms with E-state index in [1.807, 2.05) is 35.0 Å². The molecule has 0 amide bonds. The first-order chi connectivity index (χ1) is 12.6. The standard InChI is InChI=1S/C21H18ClN3S/c1-14-7-8-15(2)17(11-14)19-12-20-21(23-9-10-25(20)24-19)26-13-16-5-3-4-6-18(16)22/h3-12H,13H2,1-2H3. The van der Waals surface area contributed by atoms with Gasteiger partial charge in [-0.05, 0) is 43.2 Å². The smallest absolute Gasteiger partial charge is 0.122 e. The van der Waals surface area contributed by atoms with Crippen LogP contribution in [0.3, 0.4) is 0 Å². The second-order valence-corrected chi connectivity index (χ2v) is 7.66. The van der Waals surface area contributed by atoms with Gasteiger partial charge in [0.1, 0.15) is 5.03 Å². The first-order valence-electron chi connectivity index (χ1n) is 8.40. The second kappa shape index (κ2) is 7.14. The third-order valence-electron chi connectivity index (χ3n) is 4.35. The minimum Gasteiger partial charge on any atom is -0.246 e. The van der Waals surface area contributed by atoms with Crippen LogP contribution in [-0.4, -0.2) is 14.6 Å². The van der Waals surface area contributed by atoms with Gasteiger partial charge in [0.15, 0.2) is 0 Å². The summed E-state index contributed by atoms with van der Waals surface area (Å²) in [6.45, 7) is 4.22. The normalized spacial score (nSPS) is 11.2. The van der Waals surface area contributed by atoms with E-state index in [0.29, 0.717) is 0 Å². The van der Waals surface area contributed by atoms with Gasteiger partial charge in [-0.1, -0.05) is 59.3 Å². The fourth-order valence-corrected chi connectivity index (χ4v) is 4.18. The van der Waals surface area contributed by atoms with E-state index in [4.69, 9.17) is 16.7 Å². The Morgan fingerprint density at radius 2 is 1.92 bits per heavy atom. The van der Waals surface area contributed by atoms with Gasteiger partial charge in [0, 0.05) is 28.7 Å². The van der Waals surface area contributed by atoms with E-state index < -0.39 is 0 Å². The molecule has 4 aromatic rings. The lowest BCUT2D eigenvalue weighted by atomic mass is 10.0. The average Bonchev–Trinajstić information content (AvgIpc) is 3.07. The number of nitrogens with zero attached hydrogens (tertiary/aromatic N) is 3. The topological polar surface area (TPSA) is 30.2 Å².